The van der Waals surface area contributed by atoms with Crippen molar-refractivity contribution < 1.29 is 4.74 Å². The number of hydrogen-bond acceptors (Lipinski definition) is 6. The molecule has 1 atom stereocenters. The molecular weight excluding hydrogens is 338 g/mol. The summed E-state index contributed by atoms with van der Waals surface area (Å²) in [5.41, 5.74) is 3.08. The van der Waals surface area contributed by atoms with Gasteiger partial charge in [0.15, 0.2) is 0 Å². The van der Waals surface area contributed by atoms with Gasteiger partial charge in [-0.25, -0.2) is 9.97 Å². The third kappa shape index (κ3) is 3.80. The van der Waals surface area contributed by atoms with E-state index in [0.717, 1.165) is 46.6 Å². The summed E-state index contributed by atoms with van der Waals surface area (Å²) < 4.78 is 5.44. The Morgan fingerprint density at radius 1 is 1.19 bits per heavy atom. The molecule has 140 valence electrons. The van der Waals surface area contributed by atoms with Crippen molar-refractivity contribution in [1.29, 1.82) is 0 Å². The summed E-state index contributed by atoms with van der Waals surface area (Å²) in [5.74, 6) is 1.48. The summed E-state index contributed by atoms with van der Waals surface area (Å²) in [4.78, 5) is 8.82. The molecule has 1 unspecified atom stereocenters. The van der Waals surface area contributed by atoms with E-state index in [1.54, 1.807) is 13.3 Å². The predicted octanol–water partition coefficient (Wildman–Crippen LogP) is 3.51. The quantitative estimate of drug-likeness (QED) is 0.644. The number of nitrogens with zero attached hydrogens (tertiary/aromatic N) is 2. The minimum Gasteiger partial charge on any atom is -0.497 e. The fourth-order valence-corrected chi connectivity index (χ4v) is 3.57. The molecule has 3 aromatic rings. The smallest absolute Gasteiger partial charge is 0.222 e. The van der Waals surface area contributed by atoms with Crippen molar-refractivity contribution in [2.45, 2.75) is 18.9 Å². The zero-order valence-corrected chi connectivity index (χ0v) is 15.7. The Balaban J connectivity index is 1.80. The van der Waals surface area contributed by atoms with E-state index < -0.39 is 0 Å². The lowest BCUT2D eigenvalue weighted by molar-refractivity contribution is 0.415. The van der Waals surface area contributed by atoms with Crippen LogP contribution in [0.5, 0.6) is 5.75 Å². The van der Waals surface area contributed by atoms with Gasteiger partial charge in [0.1, 0.15) is 5.75 Å². The summed E-state index contributed by atoms with van der Waals surface area (Å²) in [6, 6.07) is 12.9. The van der Waals surface area contributed by atoms with E-state index in [0.29, 0.717) is 12.0 Å². The standard InChI is InChI=1S/C21H25N5O/c1-22-21-24-9-7-19(26-21)15-10-14-5-6-17(27-2)12-18(14)20(11-15)25-16-4-3-8-23-13-16/h5-7,9-12,16,23,25H,3-4,8,13H2,1-2H3,(H,22,24,26). The molecule has 2 heterocycles. The van der Waals surface area contributed by atoms with Crippen LogP contribution in [0.1, 0.15) is 12.8 Å². The number of anilines is 2. The SMILES string of the molecule is CNc1nccc(-c2cc(NC3CCCNC3)c3cc(OC)ccc3c2)n1. The highest BCUT2D eigenvalue weighted by molar-refractivity contribution is 5.98. The highest BCUT2D eigenvalue weighted by atomic mass is 16.5. The molecule has 0 radical (unpaired) electrons. The first kappa shape index (κ1) is 17.5. The van der Waals surface area contributed by atoms with Gasteiger partial charge >= 0.3 is 0 Å². The second-order valence-electron chi connectivity index (χ2n) is 6.81. The van der Waals surface area contributed by atoms with E-state index in [9.17, 15) is 0 Å². The average molecular weight is 363 g/mol. The van der Waals surface area contributed by atoms with Gasteiger partial charge in [-0.2, -0.15) is 0 Å². The molecule has 6 heteroatoms. The van der Waals surface area contributed by atoms with Crippen molar-refractivity contribution in [3.8, 4) is 17.0 Å². The van der Waals surface area contributed by atoms with Crippen molar-refractivity contribution >= 4 is 22.4 Å². The Bertz CT molecular complexity index is 937. The summed E-state index contributed by atoms with van der Waals surface area (Å²) in [7, 11) is 3.53. The predicted molar refractivity (Wildman–Crippen MR) is 111 cm³/mol. The van der Waals surface area contributed by atoms with E-state index in [1.165, 1.54) is 12.8 Å². The molecule has 27 heavy (non-hydrogen) atoms. The summed E-state index contributed by atoms with van der Waals surface area (Å²) in [6.45, 7) is 2.08. The first-order chi connectivity index (χ1) is 13.3. The van der Waals surface area contributed by atoms with Gasteiger partial charge in [0.25, 0.3) is 0 Å². The molecule has 4 rings (SSSR count). The molecule has 6 nitrogen and oxygen atoms in total. The second kappa shape index (κ2) is 7.80. The van der Waals surface area contributed by atoms with Gasteiger partial charge in [0.2, 0.25) is 5.95 Å². The first-order valence-electron chi connectivity index (χ1n) is 9.37. The lowest BCUT2D eigenvalue weighted by Crippen LogP contribution is -2.38. The van der Waals surface area contributed by atoms with Crippen molar-refractivity contribution in [2.75, 3.05) is 37.9 Å². The summed E-state index contributed by atoms with van der Waals surface area (Å²) in [6.07, 6.45) is 4.14. The summed E-state index contributed by atoms with van der Waals surface area (Å²) >= 11 is 0. The van der Waals surface area contributed by atoms with E-state index in [2.05, 4.69) is 50.2 Å². The number of benzene rings is 2. The van der Waals surface area contributed by atoms with Crippen LogP contribution in [0.4, 0.5) is 11.6 Å². The van der Waals surface area contributed by atoms with Crippen LogP contribution in [0.25, 0.3) is 22.0 Å². The third-order valence-electron chi connectivity index (χ3n) is 4.99. The van der Waals surface area contributed by atoms with Gasteiger partial charge in [-0.1, -0.05) is 6.07 Å². The maximum Gasteiger partial charge on any atom is 0.222 e. The minimum atomic E-state index is 0.418. The van der Waals surface area contributed by atoms with Gasteiger partial charge in [-0.15, -0.1) is 0 Å². The minimum absolute atomic E-state index is 0.418. The number of aromatic nitrogens is 2. The van der Waals surface area contributed by atoms with Crippen LogP contribution in [-0.4, -0.2) is 43.3 Å². The third-order valence-corrected chi connectivity index (χ3v) is 4.99. The zero-order chi connectivity index (χ0) is 18.6. The Morgan fingerprint density at radius 2 is 2.11 bits per heavy atom. The number of fused-ring (bicyclic) bond motifs is 1. The van der Waals surface area contributed by atoms with Crippen LogP contribution < -0.4 is 20.7 Å². The lowest BCUT2D eigenvalue weighted by Gasteiger charge is -2.26. The van der Waals surface area contributed by atoms with E-state index in [4.69, 9.17) is 4.74 Å². The van der Waals surface area contributed by atoms with Gasteiger partial charge < -0.3 is 20.7 Å². The van der Waals surface area contributed by atoms with Crippen molar-refractivity contribution in [2.24, 2.45) is 0 Å². The van der Waals surface area contributed by atoms with Gasteiger partial charge in [-0.05, 0) is 55.1 Å². The molecule has 1 aliphatic heterocycles. The molecule has 0 aliphatic carbocycles. The molecule has 1 aliphatic rings. The molecule has 0 amide bonds. The number of nitrogens with one attached hydrogen (secondary N) is 3. The Labute approximate surface area is 159 Å². The van der Waals surface area contributed by atoms with Crippen LogP contribution in [0.2, 0.25) is 0 Å². The summed E-state index contributed by atoms with van der Waals surface area (Å²) in [5, 5.41) is 12.5. The number of piperidine rings is 1. The molecule has 3 N–H and O–H groups in total. The molecular formula is C21H25N5O. The number of hydrogen-bond donors (Lipinski definition) is 3. The number of methoxy groups -OCH3 is 1. The highest BCUT2D eigenvalue weighted by Crippen LogP contribution is 2.33. The molecule has 1 fully saturated rings. The average Bonchev–Trinajstić information content (AvgIpc) is 2.74. The zero-order valence-electron chi connectivity index (χ0n) is 15.7. The Hall–Kier alpha value is -2.86. The van der Waals surface area contributed by atoms with Crippen LogP contribution in [-0.2, 0) is 0 Å². The molecule has 2 aromatic carbocycles. The van der Waals surface area contributed by atoms with Crippen LogP contribution in [0, 0.1) is 0 Å². The molecule has 1 aromatic heterocycles. The second-order valence-corrected chi connectivity index (χ2v) is 6.81. The molecule has 0 spiro atoms. The topological polar surface area (TPSA) is 71.1 Å². The normalized spacial score (nSPS) is 16.9. The number of rotatable bonds is 5. The number of ether oxygens (including phenoxy) is 1. The molecule has 0 saturated carbocycles. The molecule has 1 saturated heterocycles. The van der Waals surface area contributed by atoms with Crippen molar-refractivity contribution in [3.05, 3.63) is 42.6 Å². The van der Waals surface area contributed by atoms with Gasteiger partial charge in [0.05, 0.1) is 12.8 Å². The van der Waals surface area contributed by atoms with E-state index in [1.807, 2.05) is 19.2 Å². The van der Waals surface area contributed by atoms with Crippen LogP contribution in [0.15, 0.2) is 42.6 Å². The van der Waals surface area contributed by atoms with Gasteiger partial charge in [-0.3, -0.25) is 0 Å². The van der Waals surface area contributed by atoms with Crippen LogP contribution in [0.3, 0.4) is 0 Å². The maximum atomic E-state index is 5.44. The van der Waals surface area contributed by atoms with Crippen LogP contribution >= 0.6 is 0 Å². The Morgan fingerprint density at radius 3 is 2.89 bits per heavy atom. The van der Waals surface area contributed by atoms with Crippen molar-refractivity contribution in [3.63, 3.8) is 0 Å². The van der Waals surface area contributed by atoms with Crippen molar-refractivity contribution in [1.82, 2.24) is 15.3 Å². The Kier molecular flexibility index (Phi) is 5.07. The van der Waals surface area contributed by atoms with Gasteiger partial charge in [0, 0.05) is 42.5 Å². The maximum absolute atomic E-state index is 5.44. The first-order valence-corrected chi connectivity index (χ1v) is 9.37. The largest absolute Gasteiger partial charge is 0.497 e. The fraction of sp³-hybridized carbons (Fsp3) is 0.333. The highest BCUT2D eigenvalue weighted by Gasteiger charge is 2.15. The van der Waals surface area contributed by atoms with E-state index >= 15 is 0 Å². The lowest BCUT2D eigenvalue weighted by atomic mass is 10.0. The monoisotopic (exact) mass is 363 g/mol. The fourth-order valence-electron chi connectivity index (χ4n) is 3.57. The molecule has 0 bridgehead atoms. The van der Waals surface area contributed by atoms with E-state index in [-0.39, 0.29) is 0 Å².